The van der Waals surface area contributed by atoms with Gasteiger partial charge in [0.05, 0.1) is 11.8 Å². The van der Waals surface area contributed by atoms with Gasteiger partial charge in [0.15, 0.2) is 0 Å². The zero-order valence-corrected chi connectivity index (χ0v) is 11.9. The summed E-state index contributed by atoms with van der Waals surface area (Å²) in [7, 11) is 0. The Morgan fingerprint density at radius 3 is 2.53 bits per heavy atom. The van der Waals surface area contributed by atoms with Crippen LogP contribution < -0.4 is 5.32 Å². The predicted octanol–water partition coefficient (Wildman–Crippen LogP) is 2.57. The molecule has 1 N–H and O–H groups in total. The lowest BCUT2D eigenvalue weighted by molar-refractivity contribution is -0.119. The molecule has 0 heterocycles. The minimum Gasteiger partial charge on any atom is -0.337 e. The van der Waals surface area contributed by atoms with E-state index in [4.69, 9.17) is 5.26 Å². The molecular weight excluding hydrogens is 232 g/mol. The van der Waals surface area contributed by atoms with Gasteiger partial charge in [-0.15, -0.1) is 11.8 Å². The molecule has 17 heavy (non-hydrogen) atoms. The van der Waals surface area contributed by atoms with Gasteiger partial charge < -0.3 is 5.32 Å². The maximum absolute atomic E-state index is 11.8. The van der Waals surface area contributed by atoms with Gasteiger partial charge in [0.1, 0.15) is 5.54 Å². The molecule has 1 aliphatic carbocycles. The molecule has 3 nitrogen and oxygen atoms in total. The molecule has 1 amide bonds. The normalized spacial score (nSPS) is 20.5. The first-order chi connectivity index (χ1) is 7.89. The number of carbonyl (C=O) groups excluding carboxylic acids is 1. The van der Waals surface area contributed by atoms with Crippen molar-refractivity contribution in [1.29, 1.82) is 5.26 Å². The maximum Gasteiger partial charge on any atom is 0.231 e. The molecule has 1 rings (SSSR count). The van der Waals surface area contributed by atoms with Crippen molar-refractivity contribution in [3.05, 3.63) is 0 Å². The van der Waals surface area contributed by atoms with Gasteiger partial charge in [-0.2, -0.15) is 5.26 Å². The van der Waals surface area contributed by atoms with E-state index in [0.29, 0.717) is 22.8 Å². The first-order valence-corrected chi connectivity index (χ1v) is 7.27. The molecule has 0 spiro atoms. The number of nitrogens with zero attached hydrogens (tertiary/aromatic N) is 1. The van der Waals surface area contributed by atoms with Crippen LogP contribution in [0.4, 0.5) is 0 Å². The molecule has 4 heteroatoms. The summed E-state index contributed by atoms with van der Waals surface area (Å²) in [4.78, 5) is 11.8. The summed E-state index contributed by atoms with van der Waals surface area (Å²) in [6.45, 7) is 8.27. The van der Waals surface area contributed by atoms with Crippen molar-refractivity contribution in [2.75, 3.05) is 5.75 Å². The fraction of sp³-hybridized carbons (Fsp3) is 0.846. The van der Waals surface area contributed by atoms with E-state index in [1.54, 1.807) is 11.8 Å². The maximum atomic E-state index is 11.8. The Hall–Kier alpha value is -0.690. The second-order valence-corrected chi connectivity index (χ2v) is 6.76. The quantitative estimate of drug-likeness (QED) is 0.792. The van der Waals surface area contributed by atoms with Crippen molar-refractivity contribution < 1.29 is 4.79 Å². The number of amides is 1. The van der Waals surface area contributed by atoms with Gasteiger partial charge in [0, 0.05) is 5.25 Å². The van der Waals surface area contributed by atoms with E-state index in [1.165, 1.54) is 0 Å². The van der Waals surface area contributed by atoms with Crippen LogP contribution >= 0.6 is 11.8 Å². The van der Waals surface area contributed by atoms with E-state index in [9.17, 15) is 4.79 Å². The molecule has 0 aliphatic heterocycles. The number of rotatable bonds is 6. The smallest absolute Gasteiger partial charge is 0.231 e. The highest BCUT2D eigenvalue weighted by atomic mass is 32.2. The van der Waals surface area contributed by atoms with Crippen LogP contribution in [0.5, 0.6) is 0 Å². The minimum atomic E-state index is -0.654. The van der Waals surface area contributed by atoms with E-state index in [0.717, 1.165) is 12.8 Å². The largest absolute Gasteiger partial charge is 0.337 e. The fourth-order valence-corrected chi connectivity index (χ4v) is 2.48. The molecule has 1 saturated carbocycles. The summed E-state index contributed by atoms with van der Waals surface area (Å²) in [6, 6.07) is 2.24. The van der Waals surface area contributed by atoms with Crippen LogP contribution in [-0.2, 0) is 4.79 Å². The van der Waals surface area contributed by atoms with E-state index in [2.05, 4.69) is 32.2 Å². The molecule has 0 aromatic carbocycles. The Labute approximate surface area is 108 Å². The zero-order chi connectivity index (χ0) is 13.1. The Morgan fingerprint density at radius 1 is 1.53 bits per heavy atom. The molecule has 0 saturated heterocycles. The molecule has 1 aliphatic rings. The van der Waals surface area contributed by atoms with Crippen LogP contribution in [0.3, 0.4) is 0 Å². The van der Waals surface area contributed by atoms with Crippen LogP contribution in [0.25, 0.3) is 0 Å². The lowest BCUT2D eigenvalue weighted by atomic mass is 9.98. The van der Waals surface area contributed by atoms with E-state index in [-0.39, 0.29) is 5.91 Å². The van der Waals surface area contributed by atoms with E-state index < -0.39 is 5.54 Å². The molecule has 96 valence electrons. The van der Waals surface area contributed by atoms with Gasteiger partial charge in [0.2, 0.25) is 5.91 Å². The first-order valence-electron chi connectivity index (χ1n) is 6.23. The highest BCUT2D eigenvalue weighted by molar-refractivity contribution is 8.00. The van der Waals surface area contributed by atoms with Crippen molar-refractivity contribution in [3.8, 4) is 6.07 Å². The molecular formula is C13H22N2OS. The second kappa shape index (κ2) is 5.77. The number of hydrogen-bond acceptors (Lipinski definition) is 3. The average molecular weight is 254 g/mol. The topological polar surface area (TPSA) is 52.9 Å². The number of hydrogen-bond donors (Lipinski definition) is 1. The van der Waals surface area contributed by atoms with Crippen LogP contribution in [0.15, 0.2) is 0 Å². The third-order valence-electron chi connectivity index (χ3n) is 3.44. The van der Waals surface area contributed by atoms with E-state index in [1.807, 2.05) is 6.92 Å². The summed E-state index contributed by atoms with van der Waals surface area (Å²) in [5, 5.41) is 12.5. The lowest BCUT2D eigenvalue weighted by Gasteiger charge is -2.23. The van der Waals surface area contributed by atoms with Gasteiger partial charge in [-0.1, -0.05) is 20.8 Å². The Kier molecular flexibility index (Phi) is 4.88. The standard InChI is InChI=1S/C13H22N2OS/c1-9(2)10(3)17-7-12(16)15-13(4,8-14)11-5-6-11/h9-11H,5-7H2,1-4H3,(H,15,16). The van der Waals surface area contributed by atoms with Crippen LogP contribution in [0.2, 0.25) is 0 Å². The number of carbonyl (C=O) groups is 1. The van der Waals surface area contributed by atoms with Gasteiger partial charge in [0.25, 0.3) is 0 Å². The monoisotopic (exact) mass is 254 g/mol. The third-order valence-corrected chi connectivity index (χ3v) is 4.94. The Balaban J connectivity index is 2.36. The molecule has 0 radical (unpaired) electrons. The molecule has 0 bridgehead atoms. The average Bonchev–Trinajstić information content (AvgIpc) is 3.09. The van der Waals surface area contributed by atoms with Gasteiger partial charge in [-0.3, -0.25) is 4.79 Å². The van der Waals surface area contributed by atoms with Crippen molar-refractivity contribution in [1.82, 2.24) is 5.32 Å². The molecule has 0 aromatic rings. The summed E-state index contributed by atoms with van der Waals surface area (Å²) < 4.78 is 0. The van der Waals surface area contributed by atoms with Gasteiger partial charge in [-0.05, 0) is 31.6 Å². The van der Waals surface area contributed by atoms with Gasteiger partial charge >= 0.3 is 0 Å². The molecule has 2 unspecified atom stereocenters. The predicted molar refractivity (Wildman–Crippen MR) is 71.6 cm³/mol. The zero-order valence-electron chi connectivity index (χ0n) is 11.1. The van der Waals surface area contributed by atoms with Crippen molar-refractivity contribution in [2.24, 2.45) is 11.8 Å². The lowest BCUT2D eigenvalue weighted by Crippen LogP contribution is -2.47. The summed E-state index contributed by atoms with van der Waals surface area (Å²) in [5.74, 6) is 1.35. The number of nitriles is 1. The highest BCUT2D eigenvalue weighted by Gasteiger charge is 2.42. The third kappa shape index (κ3) is 4.23. The van der Waals surface area contributed by atoms with Gasteiger partial charge in [-0.25, -0.2) is 0 Å². The van der Waals surface area contributed by atoms with E-state index >= 15 is 0 Å². The minimum absolute atomic E-state index is 0.0153. The Bertz CT molecular complexity index is 320. The summed E-state index contributed by atoms with van der Waals surface area (Å²) in [5.41, 5.74) is -0.654. The van der Waals surface area contributed by atoms with Crippen LogP contribution in [-0.4, -0.2) is 22.4 Å². The molecule has 1 fully saturated rings. The highest BCUT2D eigenvalue weighted by Crippen LogP contribution is 2.39. The fourth-order valence-electron chi connectivity index (χ4n) is 1.61. The Morgan fingerprint density at radius 2 is 2.12 bits per heavy atom. The van der Waals surface area contributed by atoms with Crippen LogP contribution in [0.1, 0.15) is 40.5 Å². The second-order valence-electron chi connectivity index (χ2n) is 5.40. The number of thioether (sulfide) groups is 1. The van der Waals surface area contributed by atoms with Crippen molar-refractivity contribution >= 4 is 17.7 Å². The summed E-state index contributed by atoms with van der Waals surface area (Å²) >= 11 is 1.65. The summed E-state index contributed by atoms with van der Waals surface area (Å²) in [6.07, 6.45) is 2.11. The van der Waals surface area contributed by atoms with Crippen molar-refractivity contribution in [2.45, 2.75) is 51.3 Å². The number of nitrogens with one attached hydrogen (secondary N) is 1. The molecule has 0 aromatic heterocycles. The van der Waals surface area contributed by atoms with Crippen LogP contribution in [0, 0.1) is 23.2 Å². The van der Waals surface area contributed by atoms with Crippen molar-refractivity contribution in [3.63, 3.8) is 0 Å². The first kappa shape index (κ1) is 14.4. The molecule has 2 atom stereocenters. The SMILES string of the molecule is CC(C)C(C)SCC(=O)NC(C)(C#N)C1CC1.